The van der Waals surface area contributed by atoms with E-state index in [1.807, 2.05) is 186 Å². The van der Waals surface area contributed by atoms with Crippen LogP contribution in [-0.4, -0.2) is 193 Å². The Bertz CT molecular complexity index is 6670. The van der Waals surface area contributed by atoms with Crippen LogP contribution in [0.25, 0.3) is 84.1 Å². The van der Waals surface area contributed by atoms with Crippen molar-refractivity contribution in [3.8, 4) is 11.8 Å². The molecule has 1 amide bonds. The highest BCUT2D eigenvalue weighted by molar-refractivity contribution is 9.10. The maximum atomic E-state index is 12.3. The zero-order valence-electron chi connectivity index (χ0n) is 73.8. The van der Waals surface area contributed by atoms with Gasteiger partial charge in [0.25, 0.3) is 11.4 Å². The van der Waals surface area contributed by atoms with Crippen LogP contribution >= 0.6 is 72.6 Å². The average Bonchev–Trinajstić information content (AvgIpc) is 1.68. The fraction of sp³-hybridized carbons (Fsp3) is 0.272. The van der Waals surface area contributed by atoms with Crippen LogP contribution in [0.3, 0.4) is 0 Å². The van der Waals surface area contributed by atoms with Gasteiger partial charge in [-0.2, -0.15) is 15.0 Å². The van der Waals surface area contributed by atoms with E-state index in [4.69, 9.17) is 69.3 Å². The number of aromatic amines is 1. The number of carbonyl (C=O) groups is 4. The second-order valence-corrected chi connectivity index (χ2v) is 36.8. The number of nitrogens with zero attached hydrogens (tertiary/aromatic N) is 17. The van der Waals surface area contributed by atoms with Crippen LogP contribution in [0.5, 0.6) is 11.8 Å². The van der Waals surface area contributed by atoms with E-state index in [9.17, 15) is 19.2 Å². The van der Waals surface area contributed by atoms with Crippen LogP contribution in [0, 0.1) is 13.1 Å². The predicted octanol–water partition coefficient (Wildman–Crippen LogP) is 16.1. The van der Waals surface area contributed by atoms with Crippen molar-refractivity contribution in [2.75, 3.05) is 112 Å². The zero-order valence-corrected chi connectivity index (χ0v) is 79.5. The normalized spacial score (nSPS) is 11.6. The third kappa shape index (κ3) is 28.9. The van der Waals surface area contributed by atoms with Gasteiger partial charge >= 0.3 is 18.0 Å². The number of nitrogens with one attached hydrogen (secondary N) is 2. The molecule has 0 bridgehead atoms. The number of ether oxygens (including phenoxy) is 5. The van der Waals surface area contributed by atoms with Crippen molar-refractivity contribution in [1.82, 2.24) is 60.1 Å². The second-order valence-electron chi connectivity index (χ2n) is 30.9. The minimum absolute atomic E-state index is 0.0788. The van der Waals surface area contributed by atoms with Gasteiger partial charge in [-0.25, -0.2) is 49.4 Å². The number of aliphatic hydroxyl groups is 3. The van der Waals surface area contributed by atoms with Crippen LogP contribution in [0.1, 0.15) is 89.3 Å². The summed E-state index contributed by atoms with van der Waals surface area (Å²) >= 11 is 10.8. The summed E-state index contributed by atoms with van der Waals surface area (Å²) in [5.41, 5.74) is 34.0. The first-order chi connectivity index (χ1) is 63.4. The van der Waals surface area contributed by atoms with Gasteiger partial charge < -0.3 is 86.1 Å². The Kier molecular flexibility index (Phi) is 35.4. The van der Waals surface area contributed by atoms with Crippen molar-refractivity contribution in [3.63, 3.8) is 0 Å². The Balaban J connectivity index is 0.000000166. The summed E-state index contributed by atoms with van der Waals surface area (Å²) in [5.74, 6) is -0.282. The van der Waals surface area contributed by atoms with Gasteiger partial charge in [0, 0.05) is 101 Å². The van der Waals surface area contributed by atoms with Gasteiger partial charge in [0.15, 0.2) is 16.9 Å². The molecule has 15 aromatic rings. The van der Waals surface area contributed by atoms with E-state index in [1.165, 1.54) is 61.9 Å². The number of halogens is 1. The number of aliphatic hydroxyl groups excluding tert-OH is 3. The molecule has 7 aromatic carbocycles. The summed E-state index contributed by atoms with van der Waals surface area (Å²) < 4.78 is 33.8. The smallest absolute Gasteiger partial charge is 0.407 e. The van der Waals surface area contributed by atoms with Crippen molar-refractivity contribution in [1.29, 1.82) is 0 Å². The van der Waals surface area contributed by atoms with Crippen molar-refractivity contribution in [2.45, 2.75) is 85.5 Å². The largest absolute Gasteiger partial charge is 0.471 e. The van der Waals surface area contributed by atoms with E-state index in [1.54, 1.807) is 70.4 Å². The van der Waals surface area contributed by atoms with Crippen molar-refractivity contribution in [2.24, 2.45) is 10.7 Å². The fourth-order valence-corrected chi connectivity index (χ4v) is 16.7. The first-order valence-electron chi connectivity index (χ1n) is 40.9. The van der Waals surface area contributed by atoms with E-state index >= 15 is 0 Å². The number of likely N-dealkylation sites (N-methyl/N-ethyl adjacent to an activating group) is 4. The number of hydrogen-bond acceptors (Lipinski definition) is 35. The molecule has 0 unspecified atom stereocenters. The number of benzene rings is 7. The monoisotopic (exact) mass is 1940 g/mol. The van der Waals surface area contributed by atoms with Gasteiger partial charge in [-0.1, -0.05) is 64.5 Å². The number of nitrogen functional groups attached to an aromatic ring is 2. The van der Waals surface area contributed by atoms with E-state index < -0.39 is 29.2 Å². The molecule has 16 rings (SSSR count). The van der Waals surface area contributed by atoms with Crippen molar-refractivity contribution in [3.05, 3.63) is 239 Å². The van der Waals surface area contributed by atoms with Gasteiger partial charge in [0.1, 0.15) is 52.2 Å². The molecule has 0 atom stereocenters. The fourth-order valence-electron chi connectivity index (χ4n) is 12.1. The lowest BCUT2D eigenvalue weighted by Gasteiger charge is -2.19. The molecule has 34 nitrogen and oxygen atoms in total. The predicted molar refractivity (Wildman–Crippen MR) is 528 cm³/mol. The molecule has 0 saturated carbocycles. The molecule has 9 heterocycles. The third-order valence-electron chi connectivity index (χ3n) is 18.8. The van der Waals surface area contributed by atoms with Crippen LogP contribution in [-0.2, 0) is 56.5 Å². The number of thiazole rings is 5. The Hall–Kier alpha value is -13.7. The number of alkyl carbamates (subject to hydrolysis) is 1. The van der Waals surface area contributed by atoms with Crippen LogP contribution in [0.4, 0.5) is 45.1 Å². The van der Waals surface area contributed by atoms with Gasteiger partial charge in [-0.05, 0) is 167 Å². The summed E-state index contributed by atoms with van der Waals surface area (Å²) in [6, 6.07) is 45.1. The molecule has 132 heavy (non-hydrogen) atoms. The second kappa shape index (κ2) is 47.3. The Morgan fingerprint density at radius 1 is 0.538 bits per heavy atom. The summed E-state index contributed by atoms with van der Waals surface area (Å²) in [6.45, 7) is 29.4. The number of hydrogen-bond donors (Lipinski definition) is 8. The Morgan fingerprint density at radius 2 is 0.970 bits per heavy atom. The lowest BCUT2D eigenvalue weighted by atomic mass is 10.1. The number of anilines is 6. The third-order valence-corrected chi connectivity index (χ3v) is 23.7. The number of rotatable bonds is 27. The standard InChI is InChI=1S/C33H34N8O5S.C18H21N3O3S.C13H14N6O.C11H12N2O2S.C10H12N2OS.C7H4BrNS/c1-33(2,3)46-30(42)25(35-4)17-27-38-23-11-10-22(16-26(23)47-27)41(5)14-15-44-32(43)37-18-20-6-8-21(9-7-20)19-45-29-28-24(12-13-36-28)39-31(34)40-29;1-18(2,3)24-17(23)14(19-4)11-16-20-13-7-6-12(10-15(13)25-16)21(5)8-9-22;14-5-8-1-3-9(4-2-8)6-20-12-10-11(17-7-16-10)18-13(15)19-12;1-13(4-5-14)8-2-3-9-10(6-8)16-11(7-15)12-9;1-12(4-5-13)8-2-3-9-10(6-8)14-7-11-9;8-5-1-2-6-7(3-5)10-4-9-6/h6-11,13,16-17H,12,14-15,18-19H2,1-3,5H3,(H,37,43)(H2,34,39,40);6-7,10-11,22H,8-9H2,1-3,5H3;1-4,7H,5-6,14H2,(H3,15,16,17,18,19);2-3,6-7,14H,4-5H2,1H3;2-3,6-7,13H,4-5H2,1H3;1-4H/b25-17-;14-11-;;;;. The van der Waals surface area contributed by atoms with Crippen LogP contribution in [0.15, 0.2) is 178 Å². The number of aliphatic imine (C=N–C) groups is 1. The first kappa shape index (κ1) is 98.9. The minimum atomic E-state index is -0.700. The molecule has 0 radical (unpaired) electrons. The average molecular weight is 1940 g/mol. The lowest BCUT2D eigenvalue weighted by Crippen LogP contribution is -2.28. The molecule has 1 aliphatic rings. The van der Waals surface area contributed by atoms with E-state index in [0.29, 0.717) is 95.9 Å². The zero-order chi connectivity index (χ0) is 94.6. The number of aromatic nitrogens is 11. The number of amides is 1. The number of aldehydes is 1. The highest BCUT2D eigenvalue weighted by atomic mass is 79.9. The summed E-state index contributed by atoms with van der Waals surface area (Å²) in [5, 5.41) is 31.1. The molecule has 0 spiro atoms. The van der Waals surface area contributed by atoms with Gasteiger partial charge in [-0.3, -0.25) is 19.4 Å². The van der Waals surface area contributed by atoms with Gasteiger partial charge in [-0.15, -0.1) is 56.7 Å². The van der Waals surface area contributed by atoms with Gasteiger partial charge in [0.05, 0.1) is 114 Å². The van der Waals surface area contributed by atoms with Crippen molar-refractivity contribution < 1.29 is 58.2 Å². The van der Waals surface area contributed by atoms with E-state index in [2.05, 4.69) is 103 Å². The molecule has 684 valence electrons. The summed E-state index contributed by atoms with van der Waals surface area (Å²) in [6.07, 6.45) is 7.04. The minimum Gasteiger partial charge on any atom is -0.471 e. The molecular weight excluding hydrogens is 1850 g/mol. The molecular formula is C92H97BrN22O12S5. The van der Waals surface area contributed by atoms with E-state index in [0.717, 1.165) is 103 Å². The number of imidazole rings is 1. The SMILES string of the molecule is Brc1ccc2ncsc2c1.CN(CCO)c1ccc2nc(C=O)sc2c1.CN(CCO)c1ccc2ncsc2c1.NCc1ccc(COc2nc(N)nc3nc[nH]c23)cc1.[C-]#[N+]/C(=C\c1nc2ccc(N(C)CCO)cc2s1)C(=O)OC(C)(C)C.[C-]#[N+]/C(=C\c1nc2ccc(N(C)CCOC(=O)NCc3ccc(COc4nc(N)nc5c4N=CC5)cc3)cc2s1)C(=O)OC(C)(C)C. The Morgan fingerprint density at radius 3 is 1.45 bits per heavy atom. The molecule has 40 heteroatoms. The van der Waals surface area contributed by atoms with Crippen LogP contribution in [0.2, 0.25) is 0 Å². The number of H-pyrrole nitrogens is 1. The molecule has 0 aliphatic carbocycles. The maximum absolute atomic E-state index is 12.3. The Labute approximate surface area is 789 Å². The molecule has 0 saturated heterocycles. The number of esters is 2. The first-order valence-corrected chi connectivity index (χ1v) is 45.9. The lowest BCUT2D eigenvalue weighted by molar-refractivity contribution is -0.150. The molecule has 8 aromatic heterocycles. The summed E-state index contributed by atoms with van der Waals surface area (Å²) in [7, 11) is 7.69. The molecule has 1 aliphatic heterocycles. The quantitative estimate of drug-likeness (QED) is 0.00779. The number of carbonyl (C=O) groups excluding carboxylic acids is 4. The summed E-state index contributed by atoms with van der Waals surface area (Å²) in [4.78, 5) is 111. The topological polar surface area (TPSA) is 444 Å². The highest BCUT2D eigenvalue weighted by Crippen LogP contribution is 2.36. The van der Waals surface area contributed by atoms with Crippen molar-refractivity contribution >= 4 is 218 Å². The number of fused-ring (bicyclic) bond motifs is 7. The van der Waals surface area contributed by atoms with Crippen LogP contribution < -0.4 is 51.6 Å². The van der Waals surface area contributed by atoms with E-state index in [-0.39, 0.29) is 56.3 Å². The molecule has 11 N–H and O–H groups in total. The highest BCUT2D eigenvalue weighted by Gasteiger charge is 2.24. The number of nitrogens with two attached hydrogens (primary N) is 3. The maximum Gasteiger partial charge on any atom is 0.407 e. The van der Waals surface area contributed by atoms with Gasteiger partial charge in [0.2, 0.25) is 23.7 Å². The molecule has 0 fully saturated rings.